The van der Waals surface area contributed by atoms with Crippen molar-refractivity contribution in [3.63, 3.8) is 0 Å². The third-order valence-electron chi connectivity index (χ3n) is 3.48. The Morgan fingerprint density at radius 3 is 2.44 bits per heavy atom. The van der Waals surface area contributed by atoms with E-state index in [1.807, 2.05) is 6.07 Å². The van der Waals surface area contributed by atoms with Gasteiger partial charge in [0.1, 0.15) is 11.6 Å². The summed E-state index contributed by atoms with van der Waals surface area (Å²) in [5.41, 5.74) is 0.862. The Hall–Kier alpha value is -2.28. The van der Waals surface area contributed by atoms with Crippen molar-refractivity contribution in [3.05, 3.63) is 52.3 Å². The Morgan fingerprint density at radius 1 is 1.12 bits per heavy atom. The van der Waals surface area contributed by atoms with Crippen LogP contribution in [0.15, 0.2) is 40.9 Å². The Bertz CT molecular complexity index is 754. The van der Waals surface area contributed by atoms with Crippen LogP contribution in [0.5, 0.6) is 17.2 Å². The number of hydrogen-bond acceptors (Lipinski definition) is 4. The molecule has 0 aliphatic carbocycles. The zero-order chi connectivity index (χ0) is 18.4. The van der Waals surface area contributed by atoms with Gasteiger partial charge in [0.25, 0.3) is 5.91 Å². The second-order valence-electron chi connectivity index (χ2n) is 5.24. The Labute approximate surface area is 154 Å². The van der Waals surface area contributed by atoms with Gasteiger partial charge >= 0.3 is 0 Å². The number of carbonyl (C=O) groups excluding carboxylic acids is 1. The average Bonchev–Trinajstić information content (AvgIpc) is 2.61. The number of hydrogen-bond donors (Lipinski definition) is 1. The molecule has 0 spiro atoms. The molecule has 2 rings (SSSR count). The van der Waals surface area contributed by atoms with Crippen LogP contribution in [0.3, 0.4) is 0 Å². The monoisotopic (exact) mass is 411 g/mol. The zero-order valence-electron chi connectivity index (χ0n) is 14.1. The molecule has 0 aliphatic heterocycles. The van der Waals surface area contributed by atoms with E-state index in [2.05, 4.69) is 21.2 Å². The fourth-order valence-electron chi connectivity index (χ4n) is 2.14. The van der Waals surface area contributed by atoms with Gasteiger partial charge in [0.05, 0.1) is 18.7 Å². The SMILES string of the molecule is COc1ccc(CNC(=O)[C@H](C)Oc2ccc(F)cc2Br)cc1OC. The summed E-state index contributed by atoms with van der Waals surface area (Å²) < 4.78 is 29.5. The van der Waals surface area contributed by atoms with Gasteiger partial charge < -0.3 is 19.5 Å². The molecule has 0 bridgehead atoms. The minimum atomic E-state index is -0.734. The van der Waals surface area contributed by atoms with E-state index < -0.39 is 6.10 Å². The first-order valence-electron chi connectivity index (χ1n) is 7.55. The van der Waals surface area contributed by atoms with E-state index in [0.29, 0.717) is 28.3 Å². The Morgan fingerprint density at radius 2 is 1.80 bits per heavy atom. The summed E-state index contributed by atoms with van der Waals surface area (Å²) in [5.74, 6) is 0.940. The van der Waals surface area contributed by atoms with E-state index in [0.717, 1.165) is 5.56 Å². The summed E-state index contributed by atoms with van der Waals surface area (Å²) >= 11 is 3.21. The Kier molecular flexibility index (Phi) is 6.64. The molecular weight excluding hydrogens is 393 g/mol. The molecule has 25 heavy (non-hydrogen) atoms. The van der Waals surface area contributed by atoms with Crippen molar-refractivity contribution in [1.82, 2.24) is 5.32 Å². The van der Waals surface area contributed by atoms with Gasteiger partial charge in [0.2, 0.25) is 0 Å². The van der Waals surface area contributed by atoms with Gasteiger partial charge in [0, 0.05) is 6.54 Å². The lowest BCUT2D eigenvalue weighted by molar-refractivity contribution is -0.127. The quantitative estimate of drug-likeness (QED) is 0.754. The van der Waals surface area contributed by atoms with Gasteiger partial charge in [0.15, 0.2) is 17.6 Å². The molecule has 1 atom stereocenters. The molecule has 1 N–H and O–H groups in total. The molecule has 1 amide bonds. The van der Waals surface area contributed by atoms with Crippen LogP contribution >= 0.6 is 15.9 Å². The van der Waals surface area contributed by atoms with Gasteiger partial charge in [-0.15, -0.1) is 0 Å². The number of ether oxygens (including phenoxy) is 3. The fraction of sp³-hybridized carbons (Fsp3) is 0.278. The maximum Gasteiger partial charge on any atom is 0.261 e. The summed E-state index contributed by atoms with van der Waals surface area (Å²) in [6, 6.07) is 9.43. The molecule has 5 nitrogen and oxygen atoms in total. The summed E-state index contributed by atoms with van der Waals surface area (Å²) in [6.07, 6.45) is -0.734. The van der Waals surface area contributed by atoms with E-state index >= 15 is 0 Å². The molecule has 0 unspecified atom stereocenters. The predicted molar refractivity (Wildman–Crippen MR) is 95.6 cm³/mol. The molecule has 0 aromatic heterocycles. The second kappa shape index (κ2) is 8.71. The van der Waals surface area contributed by atoms with Crippen LogP contribution in [-0.2, 0) is 11.3 Å². The first-order chi connectivity index (χ1) is 11.9. The largest absolute Gasteiger partial charge is 0.493 e. The van der Waals surface area contributed by atoms with E-state index in [-0.39, 0.29) is 11.7 Å². The molecule has 0 saturated carbocycles. The van der Waals surface area contributed by atoms with Crippen LogP contribution in [0.25, 0.3) is 0 Å². The van der Waals surface area contributed by atoms with Gasteiger partial charge in [-0.3, -0.25) is 4.79 Å². The van der Waals surface area contributed by atoms with Gasteiger partial charge in [-0.2, -0.15) is 0 Å². The number of nitrogens with one attached hydrogen (secondary N) is 1. The van der Waals surface area contributed by atoms with E-state index in [4.69, 9.17) is 14.2 Å². The van der Waals surface area contributed by atoms with E-state index in [1.54, 1.807) is 33.3 Å². The van der Waals surface area contributed by atoms with E-state index in [1.165, 1.54) is 18.2 Å². The second-order valence-corrected chi connectivity index (χ2v) is 6.10. The number of amides is 1. The van der Waals surface area contributed by atoms with Crippen molar-refractivity contribution in [2.75, 3.05) is 14.2 Å². The number of halogens is 2. The highest BCUT2D eigenvalue weighted by molar-refractivity contribution is 9.10. The van der Waals surface area contributed by atoms with Crippen molar-refractivity contribution in [1.29, 1.82) is 0 Å². The average molecular weight is 412 g/mol. The van der Waals surface area contributed by atoms with Crippen LogP contribution in [0, 0.1) is 5.82 Å². The summed E-state index contributed by atoms with van der Waals surface area (Å²) in [4.78, 5) is 12.2. The highest BCUT2D eigenvalue weighted by Gasteiger charge is 2.16. The molecule has 134 valence electrons. The lowest BCUT2D eigenvalue weighted by Crippen LogP contribution is -2.36. The van der Waals surface area contributed by atoms with Crippen molar-refractivity contribution >= 4 is 21.8 Å². The van der Waals surface area contributed by atoms with Crippen LogP contribution in [0.4, 0.5) is 4.39 Å². The highest BCUT2D eigenvalue weighted by Crippen LogP contribution is 2.28. The highest BCUT2D eigenvalue weighted by atomic mass is 79.9. The summed E-state index contributed by atoms with van der Waals surface area (Å²) in [6.45, 7) is 1.94. The molecule has 0 heterocycles. The third kappa shape index (κ3) is 5.09. The number of methoxy groups -OCH3 is 2. The minimum Gasteiger partial charge on any atom is -0.493 e. The fourth-order valence-corrected chi connectivity index (χ4v) is 2.58. The standard InChI is InChI=1S/C18H19BrFNO4/c1-11(25-15-7-5-13(20)9-14(15)19)18(22)21-10-12-4-6-16(23-2)17(8-12)24-3/h4-9,11H,10H2,1-3H3,(H,21,22)/t11-/m0/s1. The molecule has 7 heteroatoms. The molecule has 0 fully saturated rings. The maximum atomic E-state index is 13.1. The first-order valence-corrected chi connectivity index (χ1v) is 8.34. The lowest BCUT2D eigenvalue weighted by atomic mass is 10.2. The summed E-state index contributed by atoms with van der Waals surface area (Å²) in [7, 11) is 3.11. The van der Waals surface area contributed by atoms with Gasteiger partial charge in [-0.25, -0.2) is 4.39 Å². The van der Waals surface area contributed by atoms with Crippen LogP contribution in [-0.4, -0.2) is 26.2 Å². The third-order valence-corrected chi connectivity index (χ3v) is 4.10. The molecule has 2 aromatic rings. The topological polar surface area (TPSA) is 56.8 Å². The zero-order valence-corrected chi connectivity index (χ0v) is 15.7. The van der Waals surface area contributed by atoms with Gasteiger partial charge in [-0.1, -0.05) is 6.07 Å². The van der Waals surface area contributed by atoms with Gasteiger partial charge in [-0.05, 0) is 58.7 Å². The van der Waals surface area contributed by atoms with E-state index in [9.17, 15) is 9.18 Å². The van der Waals surface area contributed by atoms with Crippen LogP contribution in [0.1, 0.15) is 12.5 Å². The lowest BCUT2D eigenvalue weighted by Gasteiger charge is -2.16. The van der Waals surface area contributed by atoms with Crippen molar-refractivity contribution in [3.8, 4) is 17.2 Å². The normalized spacial score (nSPS) is 11.6. The smallest absolute Gasteiger partial charge is 0.261 e. The molecule has 2 aromatic carbocycles. The first kappa shape index (κ1) is 19.1. The molecule has 0 aliphatic rings. The number of benzene rings is 2. The molecular formula is C18H19BrFNO4. The van der Waals surface area contributed by atoms with Crippen molar-refractivity contribution in [2.24, 2.45) is 0 Å². The minimum absolute atomic E-state index is 0.286. The van der Waals surface area contributed by atoms with Crippen LogP contribution in [0.2, 0.25) is 0 Å². The predicted octanol–water partition coefficient (Wildman–Crippen LogP) is 3.69. The maximum absolute atomic E-state index is 13.1. The number of carbonyl (C=O) groups is 1. The Balaban J connectivity index is 1.95. The van der Waals surface area contributed by atoms with Crippen LogP contribution < -0.4 is 19.5 Å². The molecule has 0 saturated heterocycles. The summed E-state index contributed by atoms with van der Waals surface area (Å²) in [5, 5.41) is 2.79. The van der Waals surface area contributed by atoms with Crippen molar-refractivity contribution in [2.45, 2.75) is 19.6 Å². The van der Waals surface area contributed by atoms with Crippen molar-refractivity contribution < 1.29 is 23.4 Å². The number of rotatable bonds is 7. The molecule has 0 radical (unpaired) electrons.